The first-order chi connectivity index (χ1) is 18.7. The molecule has 0 bridgehead atoms. The number of esters is 1. The van der Waals surface area contributed by atoms with Crippen LogP contribution >= 0.6 is 0 Å². The van der Waals surface area contributed by atoms with Crippen LogP contribution in [-0.4, -0.2) is 53.2 Å². The lowest BCUT2D eigenvalue weighted by atomic mass is 9.69. The number of benzene rings is 1. The van der Waals surface area contributed by atoms with Gasteiger partial charge in [0.05, 0.1) is 7.11 Å². The van der Waals surface area contributed by atoms with E-state index in [2.05, 4.69) is 19.7 Å². The maximum absolute atomic E-state index is 14.2. The molecule has 2 amide bonds. The lowest BCUT2D eigenvalue weighted by molar-refractivity contribution is -0.143. The molecule has 5 atom stereocenters. The first-order valence-corrected chi connectivity index (χ1v) is 14.5. The molecule has 0 saturated heterocycles. The number of pyridine rings is 1. The van der Waals surface area contributed by atoms with Crippen LogP contribution in [0.25, 0.3) is 0 Å². The van der Waals surface area contributed by atoms with Crippen LogP contribution in [0.15, 0.2) is 48.7 Å². The highest BCUT2D eigenvalue weighted by molar-refractivity contribution is 7.81. The quantitative estimate of drug-likeness (QED) is 0.387. The number of carbonyl (C=O) groups excluding carboxylic acids is 3. The molecule has 0 spiro atoms. The Bertz CT molecular complexity index is 1230. The third kappa shape index (κ3) is 5.90. The van der Waals surface area contributed by atoms with Gasteiger partial charge in [-0.05, 0) is 43.4 Å². The number of amides is 2. The van der Waals surface area contributed by atoms with E-state index in [0.29, 0.717) is 36.2 Å². The molecule has 0 radical (unpaired) electrons. The summed E-state index contributed by atoms with van der Waals surface area (Å²) in [7, 11) is 2.99. The normalized spacial score (nSPS) is 24.2. The average Bonchev–Trinajstić information content (AvgIpc) is 3.15. The zero-order chi connectivity index (χ0) is 28.2. The van der Waals surface area contributed by atoms with Crippen molar-refractivity contribution in [3.05, 3.63) is 59.9 Å². The molecule has 3 N–H and O–H groups in total. The maximum atomic E-state index is 14.2. The van der Waals surface area contributed by atoms with E-state index in [1.165, 1.54) is 7.11 Å². The van der Waals surface area contributed by atoms with Gasteiger partial charge in [-0.1, -0.05) is 51.0 Å². The fourth-order valence-corrected chi connectivity index (χ4v) is 6.94. The molecule has 2 heterocycles. The van der Waals surface area contributed by atoms with Crippen molar-refractivity contribution in [1.82, 2.24) is 19.7 Å². The first-order valence-electron chi connectivity index (χ1n) is 13.3. The summed E-state index contributed by atoms with van der Waals surface area (Å²) in [5, 5.41) is 3.11. The third-order valence-corrected chi connectivity index (χ3v) is 8.57. The number of anilines is 1. The molecule has 11 heteroatoms. The number of para-hydroxylation sites is 1. The number of ether oxygens (including phenoxy) is 1. The van der Waals surface area contributed by atoms with Crippen molar-refractivity contribution in [3.63, 3.8) is 0 Å². The van der Waals surface area contributed by atoms with Crippen molar-refractivity contribution in [1.29, 1.82) is 0 Å². The molecule has 1 unspecified atom stereocenters. The molecule has 1 aromatic heterocycles. The molecule has 1 aromatic carbocycles. The van der Waals surface area contributed by atoms with E-state index in [0.717, 1.165) is 12.8 Å². The van der Waals surface area contributed by atoms with Gasteiger partial charge in [0, 0.05) is 36.5 Å². The third-order valence-electron chi connectivity index (χ3n) is 7.56. The molecular weight excluding hydrogens is 518 g/mol. The van der Waals surface area contributed by atoms with Gasteiger partial charge in [0.1, 0.15) is 17.3 Å². The summed E-state index contributed by atoms with van der Waals surface area (Å²) in [5.41, 5.74) is 0.289. The Morgan fingerprint density at radius 1 is 1.15 bits per heavy atom. The average molecular weight is 556 g/mol. The summed E-state index contributed by atoms with van der Waals surface area (Å²) >= 11 is -2.00. The molecule has 10 nitrogen and oxygen atoms in total. The van der Waals surface area contributed by atoms with E-state index < -0.39 is 34.6 Å². The van der Waals surface area contributed by atoms with E-state index in [1.54, 1.807) is 36.3 Å². The van der Waals surface area contributed by atoms with Crippen molar-refractivity contribution in [2.24, 2.45) is 11.8 Å². The number of nitrogens with one attached hydrogen (secondary N) is 3. The summed E-state index contributed by atoms with van der Waals surface area (Å²) in [6.45, 7) is 3.91. The standard InChI is InChI=1S/C28H37N5O5S/c1-18(2)17-23(26(35)38-4)31-39(37)32-28(20-12-6-8-15-24(20)33(3)27(28)36)19-11-5-7-13-21(19)30-25(34)22-14-9-10-16-29-22/h6,8-10,12,14-16,18-19,21,23,31-32H,5,7,11,13,17H2,1-4H3,(H,30,34)/t19-,21-,23-,28-,39?/m0/s1. The van der Waals surface area contributed by atoms with Gasteiger partial charge < -0.3 is 15.0 Å². The van der Waals surface area contributed by atoms with Crippen LogP contribution < -0.4 is 19.7 Å². The van der Waals surface area contributed by atoms with Crippen LogP contribution in [0.1, 0.15) is 62.0 Å². The number of nitrogens with zero attached hydrogens (tertiary/aromatic N) is 2. The fourth-order valence-electron chi connectivity index (χ4n) is 5.79. The van der Waals surface area contributed by atoms with Crippen molar-refractivity contribution in [2.75, 3.05) is 19.1 Å². The van der Waals surface area contributed by atoms with Crippen molar-refractivity contribution in [3.8, 4) is 0 Å². The molecule has 1 fully saturated rings. The smallest absolute Gasteiger partial charge is 0.323 e. The second-order valence-corrected chi connectivity index (χ2v) is 11.5. The molecule has 2 aliphatic rings. The summed E-state index contributed by atoms with van der Waals surface area (Å²) in [4.78, 5) is 45.5. The first kappa shape index (κ1) is 28.8. The number of carbonyl (C=O) groups is 3. The molecule has 2 aromatic rings. The van der Waals surface area contributed by atoms with Crippen LogP contribution in [0, 0.1) is 11.8 Å². The molecule has 210 valence electrons. The number of methoxy groups -OCH3 is 1. The van der Waals surface area contributed by atoms with Gasteiger partial charge >= 0.3 is 5.97 Å². The molecule has 39 heavy (non-hydrogen) atoms. The van der Waals surface area contributed by atoms with Gasteiger partial charge in [-0.3, -0.25) is 19.4 Å². The van der Waals surface area contributed by atoms with E-state index >= 15 is 0 Å². The van der Waals surface area contributed by atoms with E-state index in [4.69, 9.17) is 4.74 Å². The van der Waals surface area contributed by atoms with E-state index in [-0.39, 0.29) is 23.8 Å². The second-order valence-electron chi connectivity index (χ2n) is 10.6. The summed E-state index contributed by atoms with van der Waals surface area (Å²) in [6, 6.07) is 11.3. The van der Waals surface area contributed by atoms with Crippen LogP contribution in [0.3, 0.4) is 0 Å². The van der Waals surface area contributed by atoms with Crippen LogP contribution in [0.4, 0.5) is 5.69 Å². The monoisotopic (exact) mass is 555 g/mol. The Labute approximate surface area is 232 Å². The number of aromatic nitrogens is 1. The van der Waals surface area contributed by atoms with Gasteiger partial charge in [-0.25, -0.2) is 13.7 Å². The molecule has 4 rings (SSSR count). The van der Waals surface area contributed by atoms with Gasteiger partial charge in [-0.2, -0.15) is 0 Å². The molecular formula is C28H37N5O5S. The Hall–Kier alpha value is -3.15. The largest absolute Gasteiger partial charge is 0.468 e. The number of hydrogen-bond donors (Lipinski definition) is 3. The van der Waals surface area contributed by atoms with E-state index in [1.807, 2.05) is 38.1 Å². The lowest BCUT2D eigenvalue weighted by Gasteiger charge is -2.43. The minimum atomic E-state index is -2.00. The minimum absolute atomic E-state index is 0.136. The lowest BCUT2D eigenvalue weighted by Crippen LogP contribution is -2.63. The summed E-state index contributed by atoms with van der Waals surface area (Å²) in [5.74, 6) is -1.39. The number of likely N-dealkylation sites (N-methyl/N-ethyl adjacent to an activating group) is 1. The zero-order valence-electron chi connectivity index (χ0n) is 22.8. The Morgan fingerprint density at radius 3 is 2.56 bits per heavy atom. The van der Waals surface area contributed by atoms with Crippen LogP contribution in [0.5, 0.6) is 0 Å². The second kappa shape index (κ2) is 12.4. The predicted molar refractivity (Wildman–Crippen MR) is 149 cm³/mol. The summed E-state index contributed by atoms with van der Waals surface area (Å²) < 4.78 is 24.6. The van der Waals surface area contributed by atoms with Crippen molar-refractivity contribution < 1.29 is 23.3 Å². The Kier molecular flexibility index (Phi) is 9.14. The molecule has 1 saturated carbocycles. The van der Waals surface area contributed by atoms with Crippen molar-refractivity contribution >= 4 is 34.6 Å². The van der Waals surface area contributed by atoms with Gasteiger partial charge in [0.25, 0.3) is 11.8 Å². The Morgan fingerprint density at radius 2 is 1.87 bits per heavy atom. The topological polar surface area (TPSA) is 130 Å². The predicted octanol–water partition coefficient (Wildman–Crippen LogP) is 2.59. The SMILES string of the molecule is COC(=O)[C@H](CC(C)C)NS(=O)N[C@]1([C@H]2CCCC[C@@H]2NC(=O)c2ccccn2)C(=O)N(C)c2ccccc21. The van der Waals surface area contributed by atoms with Crippen LogP contribution in [0.2, 0.25) is 0 Å². The molecule has 1 aliphatic heterocycles. The number of rotatable bonds is 10. The Balaban J connectivity index is 1.72. The van der Waals surface area contributed by atoms with Gasteiger partial charge in [0.15, 0.2) is 11.2 Å². The highest BCUT2D eigenvalue weighted by atomic mass is 32.2. The molecule has 1 aliphatic carbocycles. The van der Waals surface area contributed by atoms with Gasteiger partial charge in [0.2, 0.25) is 0 Å². The van der Waals surface area contributed by atoms with Crippen LogP contribution in [-0.2, 0) is 31.0 Å². The number of fused-ring (bicyclic) bond motifs is 1. The highest BCUT2D eigenvalue weighted by Gasteiger charge is 2.58. The zero-order valence-corrected chi connectivity index (χ0v) is 23.6. The van der Waals surface area contributed by atoms with Gasteiger partial charge in [-0.15, -0.1) is 0 Å². The highest BCUT2D eigenvalue weighted by Crippen LogP contribution is 2.48. The minimum Gasteiger partial charge on any atom is -0.468 e. The fraction of sp³-hybridized carbons (Fsp3) is 0.500. The van der Waals surface area contributed by atoms with Crippen molar-refractivity contribution in [2.45, 2.75) is 63.6 Å². The summed E-state index contributed by atoms with van der Waals surface area (Å²) in [6.07, 6.45) is 4.98. The number of hydrogen-bond acceptors (Lipinski definition) is 6. The van der Waals surface area contributed by atoms with E-state index in [9.17, 15) is 18.6 Å². The maximum Gasteiger partial charge on any atom is 0.323 e.